The fourth-order valence-corrected chi connectivity index (χ4v) is 2.98. The number of carbonyl (C=O) groups is 1. The van der Waals surface area contributed by atoms with Crippen LogP contribution in [-0.4, -0.2) is 51.7 Å². The first-order valence-corrected chi connectivity index (χ1v) is 6.59. The first-order valence-electron chi connectivity index (χ1n) is 6.59. The highest BCUT2D eigenvalue weighted by molar-refractivity contribution is 5.65. The Morgan fingerprint density at radius 1 is 1.42 bits per heavy atom. The third kappa shape index (κ3) is 2.35. The van der Waals surface area contributed by atoms with Crippen molar-refractivity contribution in [2.45, 2.75) is 25.4 Å². The summed E-state index contributed by atoms with van der Waals surface area (Å²) in [5, 5.41) is 9.00. The number of likely N-dealkylation sites (tertiary alicyclic amines) is 1. The maximum atomic E-state index is 10.9. The lowest BCUT2D eigenvalue weighted by molar-refractivity contribution is 0.143. The Kier molecular flexibility index (Phi) is 3.02. The van der Waals surface area contributed by atoms with E-state index in [1.165, 1.54) is 10.5 Å². The van der Waals surface area contributed by atoms with E-state index in [0.717, 1.165) is 31.6 Å². The molecule has 102 valence electrons. The number of amides is 1. The van der Waals surface area contributed by atoms with Gasteiger partial charge in [-0.15, -0.1) is 0 Å². The fraction of sp³-hybridized carbons (Fsp3) is 0.538. The maximum Gasteiger partial charge on any atom is 0.407 e. The van der Waals surface area contributed by atoms with Crippen molar-refractivity contribution in [3.63, 3.8) is 0 Å². The molecule has 0 bridgehead atoms. The van der Waals surface area contributed by atoms with E-state index >= 15 is 0 Å². The van der Waals surface area contributed by atoms with Gasteiger partial charge in [0.05, 0.1) is 0 Å². The number of hydrogen-bond acceptors (Lipinski definition) is 4. The number of anilines is 1. The van der Waals surface area contributed by atoms with E-state index in [-0.39, 0.29) is 0 Å². The number of fused-ring (bicyclic) bond motifs is 1. The van der Waals surface area contributed by atoms with Gasteiger partial charge in [0.25, 0.3) is 0 Å². The van der Waals surface area contributed by atoms with E-state index in [4.69, 9.17) is 10.8 Å². The summed E-state index contributed by atoms with van der Waals surface area (Å²) in [4.78, 5) is 19.2. The second kappa shape index (κ2) is 4.70. The molecule has 1 atom stereocenters. The summed E-state index contributed by atoms with van der Waals surface area (Å²) in [5.74, 6) is 0.574. The molecule has 1 amide bonds. The smallest absolute Gasteiger partial charge is 0.407 e. The van der Waals surface area contributed by atoms with Crippen molar-refractivity contribution in [2.24, 2.45) is 0 Å². The molecule has 3 heterocycles. The third-order valence-electron chi connectivity index (χ3n) is 4.05. The summed E-state index contributed by atoms with van der Waals surface area (Å²) in [6.07, 6.45) is 1.00. The number of nitrogen functional groups attached to an aromatic ring is 1. The molecule has 3 N–H and O–H groups in total. The van der Waals surface area contributed by atoms with Crippen LogP contribution < -0.4 is 5.73 Å². The Morgan fingerprint density at radius 3 is 3.00 bits per heavy atom. The van der Waals surface area contributed by atoms with Crippen LogP contribution >= 0.6 is 0 Å². The third-order valence-corrected chi connectivity index (χ3v) is 4.05. The van der Waals surface area contributed by atoms with E-state index in [1.807, 2.05) is 12.1 Å². The lowest BCUT2D eigenvalue weighted by Gasteiger charge is -2.32. The molecule has 6 heteroatoms. The van der Waals surface area contributed by atoms with Crippen LogP contribution in [0, 0.1) is 0 Å². The number of pyridine rings is 1. The van der Waals surface area contributed by atoms with Crippen LogP contribution in [0.1, 0.15) is 17.7 Å². The van der Waals surface area contributed by atoms with Crippen molar-refractivity contribution in [3.8, 4) is 0 Å². The standard InChI is InChI=1S/C13H18N4O2/c14-12-2-1-9-7-16(6-4-11(9)15-12)10-3-5-17(8-10)13(18)19/h1-2,10H,3-8H2,(H2,14,15)(H,18,19). The van der Waals surface area contributed by atoms with Crippen molar-refractivity contribution in [1.29, 1.82) is 0 Å². The minimum Gasteiger partial charge on any atom is -0.465 e. The first-order chi connectivity index (χ1) is 9.13. The Morgan fingerprint density at radius 2 is 2.26 bits per heavy atom. The molecule has 19 heavy (non-hydrogen) atoms. The molecule has 1 unspecified atom stereocenters. The zero-order valence-electron chi connectivity index (χ0n) is 10.7. The van der Waals surface area contributed by atoms with Crippen molar-refractivity contribution in [3.05, 3.63) is 23.4 Å². The molecule has 0 radical (unpaired) electrons. The molecule has 1 fully saturated rings. The van der Waals surface area contributed by atoms with E-state index in [9.17, 15) is 4.79 Å². The number of nitrogens with two attached hydrogens (primary N) is 1. The summed E-state index contributed by atoms with van der Waals surface area (Å²) < 4.78 is 0. The molecular formula is C13H18N4O2. The highest BCUT2D eigenvalue weighted by Crippen LogP contribution is 2.24. The Hall–Kier alpha value is -1.82. The van der Waals surface area contributed by atoms with Crippen LogP contribution in [0.5, 0.6) is 0 Å². The molecule has 1 aromatic rings. The topological polar surface area (TPSA) is 82.7 Å². The molecule has 6 nitrogen and oxygen atoms in total. The summed E-state index contributed by atoms with van der Waals surface area (Å²) in [6, 6.07) is 4.20. The number of rotatable bonds is 1. The normalized spacial score (nSPS) is 23.4. The van der Waals surface area contributed by atoms with Gasteiger partial charge < -0.3 is 15.7 Å². The highest BCUT2D eigenvalue weighted by Gasteiger charge is 2.32. The van der Waals surface area contributed by atoms with Crippen molar-refractivity contribution >= 4 is 11.9 Å². The second-order valence-corrected chi connectivity index (χ2v) is 5.23. The lowest BCUT2D eigenvalue weighted by atomic mass is 10.0. The van der Waals surface area contributed by atoms with Crippen molar-refractivity contribution in [1.82, 2.24) is 14.8 Å². The molecule has 2 aliphatic rings. The van der Waals surface area contributed by atoms with Gasteiger partial charge in [-0.05, 0) is 18.1 Å². The van der Waals surface area contributed by atoms with E-state index in [1.54, 1.807) is 0 Å². The molecule has 1 aromatic heterocycles. The van der Waals surface area contributed by atoms with Gasteiger partial charge in [0, 0.05) is 44.3 Å². The summed E-state index contributed by atoms with van der Waals surface area (Å²) in [6.45, 7) is 3.04. The van der Waals surface area contributed by atoms with Gasteiger partial charge in [-0.2, -0.15) is 0 Å². The zero-order chi connectivity index (χ0) is 13.4. The number of hydrogen-bond donors (Lipinski definition) is 2. The van der Waals surface area contributed by atoms with Gasteiger partial charge >= 0.3 is 6.09 Å². The van der Waals surface area contributed by atoms with Gasteiger partial charge in [0.15, 0.2) is 0 Å². The van der Waals surface area contributed by atoms with Crippen LogP contribution in [-0.2, 0) is 13.0 Å². The van der Waals surface area contributed by atoms with Crippen LogP contribution in [0.25, 0.3) is 0 Å². The molecule has 2 aliphatic heterocycles. The minimum absolute atomic E-state index is 0.335. The van der Waals surface area contributed by atoms with Gasteiger partial charge in [0.2, 0.25) is 0 Å². The van der Waals surface area contributed by atoms with Gasteiger partial charge in [-0.3, -0.25) is 4.90 Å². The van der Waals surface area contributed by atoms with Gasteiger partial charge in [-0.25, -0.2) is 9.78 Å². The monoisotopic (exact) mass is 262 g/mol. The van der Waals surface area contributed by atoms with Crippen LogP contribution in [0.2, 0.25) is 0 Å². The minimum atomic E-state index is -0.811. The number of carboxylic acid groups (broad SMARTS) is 1. The molecule has 0 aliphatic carbocycles. The van der Waals surface area contributed by atoms with Crippen LogP contribution in [0.15, 0.2) is 12.1 Å². The summed E-state index contributed by atoms with van der Waals surface area (Å²) in [7, 11) is 0. The van der Waals surface area contributed by atoms with E-state index in [0.29, 0.717) is 24.9 Å². The van der Waals surface area contributed by atoms with Gasteiger partial charge in [0.1, 0.15) is 5.82 Å². The van der Waals surface area contributed by atoms with Crippen LogP contribution in [0.4, 0.5) is 10.6 Å². The number of aromatic nitrogens is 1. The quantitative estimate of drug-likeness (QED) is 0.781. The first kappa shape index (κ1) is 12.2. The lowest BCUT2D eigenvalue weighted by Crippen LogP contribution is -2.41. The highest BCUT2D eigenvalue weighted by atomic mass is 16.4. The average molecular weight is 262 g/mol. The van der Waals surface area contributed by atoms with Crippen molar-refractivity contribution < 1.29 is 9.90 Å². The Balaban J connectivity index is 1.69. The molecular weight excluding hydrogens is 244 g/mol. The fourth-order valence-electron chi connectivity index (χ4n) is 2.98. The Bertz CT molecular complexity index is 505. The summed E-state index contributed by atoms with van der Waals surface area (Å²) in [5.41, 5.74) is 8.00. The van der Waals surface area contributed by atoms with Crippen LogP contribution in [0.3, 0.4) is 0 Å². The largest absolute Gasteiger partial charge is 0.465 e. The zero-order valence-corrected chi connectivity index (χ0v) is 10.7. The summed E-state index contributed by atoms with van der Waals surface area (Å²) >= 11 is 0. The SMILES string of the molecule is Nc1ccc2c(n1)CCN(C1CCN(C(=O)O)C1)C2. The predicted molar refractivity (Wildman–Crippen MR) is 70.8 cm³/mol. The van der Waals surface area contributed by atoms with E-state index in [2.05, 4.69) is 9.88 Å². The Labute approximate surface area is 111 Å². The molecule has 0 aromatic carbocycles. The molecule has 1 saturated heterocycles. The second-order valence-electron chi connectivity index (χ2n) is 5.23. The van der Waals surface area contributed by atoms with Gasteiger partial charge in [-0.1, -0.05) is 6.07 Å². The average Bonchev–Trinajstić information content (AvgIpc) is 2.88. The molecule has 0 spiro atoms. The van der Waals surface area contributed by atoms with E-state index < -0.39 is 6.09 Å². The predicted octanol–water partition coefficient (Wildman–Crippen LogP) is 0.774. The maximum absolute atomic E-state index is 10.9. The molecule has 3 rings (SSSR count). The van der Waals surface area contributed by atoms with Crippen molar-refractivity contribution in [2.75, 3.05) is 25.4 Å². The number of nitrogens with zero attached hydrogens (tertiary/aromatic N) is 3. The molecule has 0 saturated carbocycles.